The molecule has 0 saturated heterocycles. The van der Waals surface area contributed by atoms with E-state index in [2.05, 4.69) is 16.0 Å². The molecule has 1 unspecified atom stereocenters. The van der Waals surface area contributed by atoms with Crippen molar-refractivity contribution >= 4 is 0 Å². The number of aromatic amines is 1. The Hall–Kier alpha value is -1.34. The zero-order valence-electron chi connectivity index (χ0n) is 8.70. The zero-order valence-corrected chi connectivity index (χ0v) is 8.70. The molecule has 0 aliphatic rings. The number of nitrogens with one attached hydrogen (secondary N) is 1. The summed E-state index contributed by atoms with van der Waals surface area (Å²) in [4.78, 5) is 7.07. The van der Waals surface area contributed by atoms with E-state index in [0.29, 0.717) is 5.69 Å². The number of H-pyrrole nitrogens is 1. The lowest BCUT2D eigenvalue weighted by Gasteiger charge is -2.21. The first-order valence-corrected chi connectivity index (χ1v) is 4.64. The van der Waals surface area contributed by atoms with Gasteiger partial charge in [-0.2, -0.15) is 5.26 Å². The second-order valence-electron chi connectivity index (χ2n) is 3.87. The Morgan fingerprint density at radius 1 is 1.71 bits per heavy atom. The third-order valence-corrected chi connectivity index (χ3v) is 2.25. The highest BCUT2D eigenvalue weighted by Crippen LogP contribution is 2.31. The van der Waals surface area contributed by atoms with E-state index in [1.54, 1.807) is 20.0 Å². The molecule has 14 heavy (non-hydrogen) atoms. The molecule has 0 amide bonds. The maximum absolute atomic E-state index is 9.86. The van der Waals surface area contributed by atoms with E-state index in [1.807, 2.05) is 6.92 Å². The van der Waals surface area contributed by atoms with Crippen LogP contribution in [0.1, 0.15) is 38.4 Å². The number of nitrogens with zero attached hydrogens (tertiary/aromatic N) is 2. The van der Waals surface area contributed by atoms with Crippen LogP contribution in [0.15, 0.2) is 6.20 Å². The molecule has 0 aromatic carbocycles. The van der Waals surface area contributed by atoms with E-state index < -0.39 is 11.5 Å². The van der Waals surface area contributed by atoms with Crippen molar-refractivity contribution in [2.24, 2.45) is 5.41 Å². The van der Waals surface area contributed by atoms with E-state index in [9.17, 15) is 5.11 Å². The molecule has 0 aliphatic carbocycles. The first-order chi connectivity index (χ1) is 6.51. The number of aryl methyl sites for hydroxylation is 1. The molecule has 76 valence electrons. The number of rotatable bonds is 3. The predicted molar refractivity (Wildman–Crippen MR) is 52.3 cm³/mol. The molecule has 1 aromatic heterocycles. The zero-order chi connectivity index (χ0) is 10.8. The van der Waals surface area contributed by atoms with Crippen molar-refractivity contribution < 1.29 is 5.11 Å². The summed E-state index contributed by atoms with van der Waals surface area (Å²) in [6.45, 7) is 5.37. The van der Waals surface area contributed by atoms with Gasteiger partial charge < -0.3 is 10.1 Å². The summed E-state index contributed by atoms with van der Waals surface area (Å²) in [5.41, 5.74) is -0.189. The Labute approximate surface area is 83.6 Å². The topological polar surface area (TPSA) is 72.7 Å². The van der Waals surface area contributed by atoms with Gasteiger partial charge in [-0.1, -0.05) is 6.92 Å². The molecule has 1 rings (SSSR count). The van der Waals surface area contributed by atoms with Crippen LogP contribution in [0.4, 0.5) is 0 Å². The molecule has 1 atom stereocenters. The molecule has 0 radical (unpaired) electrons. The predicted octanol–water partition coefficient (Wildman–Crippen LogP) is 1.56. The Morgan fingerprint density at radius 3 is 2.79 bits per heavy atom. The second kappa shape index (κ2) is 3.81. The van der Waals surface area contributed by atoms with Gasteiger partial charge in [0.2, 0.25) is 0 Å². The summed E-state index contributed by atoms with van der Waals surface area (Å²) in [7, 11) is 0. The molecular weight excluding hydrogens is 178 g/mol. The van der Waals surface area contributed by atoms with Gasteiger partial charge in [-0.15, -0.1) is 0 Å². The molecular formula is C10H15N3O. The van der Waals surface area contributed by atoms with Crippen molar-refractivity contribution in [2.45, 2.75) is 33.3 Å². The van der Waals surface area contributed by atoms with Crippen molar-refractivity contribution in [3.05, 3.63) is 17.7 Å². The number of imidazole rings is 1. The van der Waals surface area contributed by atoms with E-state index in [4.69, 9.17) is 5.26 Å². The Balaban J connectivity index is 2.90. The molecule has 0 fully saturated rings. The first kappa shape index (κ1) is 10.7. The van der Waals surface area contributed by atoms with Crippen LogP contribution in [0.5, 0.6) is 0 Å². The van der Waals surface area contributed by atoms with Crippen molar-refractivity contribution in [1.82, 2.24) is 9.97 Å². The highest BCUT2D eigenvalue weighted by atomic mass is 16.3. The SMILES string of the molecule is CCc1ncc(C(O)C(C)(C)C#N)[nH]1. The summed E-state index contributed by atoms with van der Waals surface area (Å²) in [5.74, 6) is 0.827. The van der Waals surface area contributed by atoms with Crippen molar-refractivity contribution in [3.8, 4) is 6.07 Å². The number of aromatic nitrogens is 2. The summed E-state index contributed by atoms with van der Waals surface area (Å²) in [5, 5.41) is 18.7. The average molecular weight is 193 g/mol. The highest BCUT2D eigenvalue weighted by Gasteiger charge is 2.30. The fraction of sp³-hybridized carbons (Fsp3) is 0.600. The molecule has 0 aliphatic heterocycles. The van der Waals surface area contributed by atoms with Gasteiger partial charge in [-0.05, 0) is 13.8 Å². The van der Waals surface area contributed by atoms with Gasteiger partial charge in [0.1, 0.15) is 11.9 Å². The van der Waals surface area contributed by atoms with Crippen LogP contribution in [-0.4, -0.2) is 15.1 Å². The molecule has 4 nitrogen and oxygen atoms in total. The largest absolute Gasteiger partial charge is 0.385 e. The van der Waals surface area contributed by atoms with Gasteiger partial charge in [-0.25, -0.2) is 4.98 Å². The van der Waals surface area contributed by atoms with Crippen LogP contribution in [0, 0.1) is 16.7 Å². The Bertz CT molecular complexity index is 348. The van der Waals surface area contributed by atoms with Crippen LogP contribution in [0.3, 0.4) is 0 Å². The number of hydrogen-bond donors (Lipinski definition) is 2. The van der Waals surface area contributed by atoms with Gasteiger partial charge in [0.05, 0.1) is 23.4 Å². The summed E-state index contributed by atoms with van der Waals surface area (Å²) in [6.07, 6.45) is 1.56. The minimum absolute atomic E-state index is 0.605. The molecule has 4 heteroatoms. The lowest BCUT2D eigenvalue weighted by atomic mass is 9.87. The minimum Gasteiger partial charge on any atom is -0.385 e. The highest BCUT2D eigenvalue weighted by molar-refractivity contribution is 5.12. The fourth-order valence-electron chi connectivity index (χ4n) is 1.15. The van der Waals surface area contributed by atoms with Crippen LogP contribution in [-0.2, 0) is 6.42 Å². The normalized spacial score (nSPS) is 13.6. The fourth-order valence-corrected chi connectivity index (χ4v) is 1.15. The second-order valence-corrected chi connectivity index (χ2v) is 3.87. The molecule has 1 heterocycles. The maximum atomic E-state index is 9.86. The van der Waals surface area contributed by atoms with Crippen molar-refractivity contribution in [3.63, 3.8) is 0 Å². The van der Waals surface area contributed by atoms with Crippen LogP contribution in [0.25, 0.3) is 0 Å². The van der Waals surface area contributed by atoms with Gasteiger partial charge in [0.25, 0.3) is 0 Å². The number of nitriles is 1. The van der Waals surface area contributed by atoms with E-state index in [1.165, 1.54) is 0 Å². The minimum atomic E-state index is -0.819. The summed E-state index contributed by atoms with van der Waals surface area (Å²) < 4.78 is 0. The first-order valence-electron chi connectivity index (χ1n) is 4.64. The van der Waals surface area contributed by atoms with Crippen LogP contribution in [0.2, 0.25) is 0 Å². The number of aliphatic hydroxyl groups is 1. The smallest absolute Gasteiger partial charge is 0.113 e. The van der Waals surface area contributed by atoms with Gasteiger partial charge in [0, 0.05) is 6.42 Å². The average Bonchev–Trinajstić information content (AvgIpc) is 2.64. The van der Waals surface area contributed by atoms with Gasteiger partial charge >= 0.3 is 0 Å². The summed E-state index contributed by atoms with van der Waals surface area (Å²) >= 11 is 0. The van der Waals surface area contributed by atoms with Crippen molar-refractivity contribution in [2.75, 3.05) is 0 Å². The quantitative estimate of drug-likeness (QED) is 0.765. The van der Waals surface area contributed by atoms with E-state index in [-0.39, 0.29) is 0 Å². The number of hydrogen-bond acceptors (Lipinski definition) is 3. The standard InChI is InChI=1S/C10H15N3O/c1-4-8-12-5-7(13-8)9(14)10(2,3)6-11/h5,9,14H,4H2,1-3H3,(H,12,13). The van der Waals surface area contributed by atoms with E-state index >= 15 is 0 Å². The monoisotopic (exact) mass is 193 g/mol. The Kier molecular flexibility index (Phi) is 2.92. The molecule has 0 bridgehead atoms. The third-order valence-electron chi connectivity index (χ3n) is 2.25. The molecule has 0 saturated carbocycles. The Morgan fingerprint density at radius 2 is 2.36 bits per heavy atom. The lowest BCUT2D eigenvalue weighted by Crippen LogP contribution is -2.20. The van der Waals surface area contributed by atoms with Crippen molar-refractivity contribution in [1.29, 1.82) is 5.26 Å². The van der Waals surface area contributed by atoms with Gasteiger partial charge in [0.15, 0.2) is 0 Å². The van der Waals surface area contributed by atoms with Gasteiger partial charge in [-0.3, -0.25) is 0 Å². The van der Waals surface area contributed by atoms with Crippen LogP contribution < -0.4 is 0 Å². The lowest BCUT2D eigenvalue weighted by molar-refractivity contribution is 0.0830. The molecule has 0 spiro atoms. The number of aliphatic hydroxyl groups excluding tert-OH is 1. The van der Waals surface area contributed by atoms with Crippen LogP contribution >= 0.6 is 0 Å². The third kappa shape index (κ3) is 1.94. The van der Waals surface area contributed by atoms with E-state index in [0.717, 1.165) is 12.2 Å². The molecule has 1 aromatic rings. The molecule has 2 N–H and O–H groups in total. The summed E-state index contributed by atoms with van der Waals surface area (Å²) in [6, 6.07) is 2.07. The maximum Gasteiger partial charge on any atom is 0.113 e.